The average molecular weight is 841 g/mol. The van der Waals surface area contributed by atoms with Gasteiger partial charge in [-0.25, -0.2) is 18.0 Å². The van der Waals surface area contributed by atoms with Crippen molar-refractivity contribution in [2.45, 2.75) is 224 Å². The SMILES string of the molecule is CCCCCCCCCC/C=C/CCCCCCCCOC(=O)c1ccc(S(=O)(=O)[O-])cc1C(=O)OCCCCCCCC/C=C/CCCCCCCCCC.[K+]. The van der Waals surface area contributed by atoms with Gasteiger partial charge in [-0.2, -0.15) is 0 Å². The summed E-state index contributed by atoms with van der Waals surface area (Å²) in [6.45, 7) is 4.87. The summed E-state index contributed by atoms with van der Waals surface area (Å²) in [6.07, 6.45) is 47.9. The zero-order valence-corrected chi connectivity index (χ0v) is 40.8. The molecule has 0 spiro atoms. The Hall–Kier alpha value is -0.814. The molecule has 1 aromatic carbocycles. The topological polar surface area (TPSA) is 110 Å². The Bertz CT molecular complexity index is 1280. The summed E-state index contributed by atoms with van der Waals surface area (Å²) < 4.78 is 45.8. The smallest absolute Gasteiger partial charge is 0.744 e. The molecular formula is C48H81KO7S. The maximum Gasteiger partial charge on any atom is 1.00 e. The zero-order valence-electron chi connectivity index (χ0n) is 36.8. The van der Waals surface area contributed by atoms with Gasteiger partial charge in [0.15, 0.2) is 0 Å². The molecule has 7 nitrogen and oxygen atoms in total. The summed E-state index contributed by atoms with van der Waals surface area (Å²) in [7, 11) is -4.82. The molecule has 0 radical (unpaired) electrons. The monoisotopic (exact) mass is 841 g/mol. The molecule has 0 aliphatic rings. The third-order valence-corrected chi connectivity index (χ3v) is 11.3. The summed E-state index contributed by atoms with van der Waals surface area (Å²) in [5, 5.41) is 0. The van der Waals surface area contributed by atoms with Gasteiger partial charge in [0.25, 0.3) is 0 Å². The van der Waals surface area contributed by atoms with E-state index in [4.69, 9.17) is 9.47 Å². The number of hydrogen-bond acceptors (Lipinski definition) is 7. The minimum absolute atomic E-state index is 0. The standard InChI is InChI=1S/C48H82O7S.K/c1-3-5-7-9-11-13-15-17-19-21-23-25-27-29-31-33-35-37-41-54-47(49)45-40-39-44(56(51,52)53)43-46(45)48(50)55-42-38-36-34-32-30-28-26-24-22-20-18-16-14-12-10-8-6-4-2;/h21-24,39-40,43H,3-20,25-38,41-42H2,1-2H3,(H,51,52,53);/q;+1/p-1/b23-21+,24-22+;. The normalized spacial score (nSPS) is 11.7. The van der Waals surface area contributed by atoms with Gasteiger partial charge < -0.3 is 14.0 Å². The Morgan fingerprint density at radius 3 is 1.11 bits per heavy atom. The Morgan fingerprint density at radius 1 is 0.474 bits per heavy atom. The molecule has 0 heterocycles. The molecular weight excluding hydrogens is 760 g/mol. The summed E-state index contributed by atoms with van der Waals surface area (Å²) in [5.41, 5.74) is -0.348. The van der Waals surface area contributed by atoms with Gasteiger partial charge in [-0.1, -0.05) is 179 Å². The summed E-state index contributed by atoms with van der Waals surface area (Å²) >= 11 is 0. The van der Waals surface area contributed by atoms with Crippen LogP contribution in [0.5, 0.6) is 0 Å². The summed E-state index contributed by atoms with van der Waals surface area (Å²) in [4.78, 5) is 25.3. The Kier molecular flexibility index (Phi) is 40.0. The Labute approximate surface area is 392 Å². The fraction of sp³-hybridized carbons (Fsp3) is 0.750. The fourth-order valence-corrected chi connectivity index (χ4v) is 7.41. The van der Waals surface area contributed by atoms with E-state index in [1.54, 1.807) is 0 Å². The molecule has 0 fully saturated rings. The largest absolute Gasteiger partial charge is 1.00 e. The number of esters is 2. The molecule has 1 rings (SSSR count). The molecule has 0 atom stereocenters. The molecule has 0 unspecified atom stereocenters. The van der Waals surface area contributed by atoms with Crippen molar-refractivity contribution in [1.82, 2.24) is 0 Å². The minimum Gasteiger partial charge on any atom is -0.744 e. The van der Waals surface area contributed by atoms with Crippen LogP contribution in [0.15, 0.2) is 47.4 Å². The molecule has 0 aliphatic heterocycles. The van der Waals surface area contributed by atoms with Crippen LogP contribution >= 0.6 is 0 Å². The van der Waals surface area contributed by atoms with Gasteiger partial charge in [0.1, 0.15) is 10.1 Å². The first kappa shape index (κ1) is 56.2. The molecule has 0 N–H and O–H groups in total. The van der Waals surface area contributed by atoms with Crippen LogP contribution in [-0.2, 0) is 19.6 Å². The van der Waals surface area contributed by atoms with Crippen molar-refractivity contribution in [2.75, 3.05) is 13.2 Å². The first-order chi connectivity index (χ1) is 27.3. The maximum absolute atomic E-state index is 12.9. The predicted molar refractivity (Wildman–Crippen MR) is 232 cm³/mol. The molecule has 0 bridgehead atoms. The van der Waals surface area contributed by atoms with Crippen molar-refractivity contribution in [3.63, 3.8) is 0 Å². The van der Waals surface area contributed by atoms with Crippen molar-refractivity contribution in [3.05, 3.63) is 53.6 Å². The number of unbranched alkanes of at least 4 members (excludes halogenated alkanes) is 28. The van der Waals surface area contributed by atoms with Crippen LogP contribution in [0.3, 0.4) is 0 Å². The summed E-state index contributed by atoms with van der Waals surface area (Å²) in [6, 6.07) is 3.13. The third kappa shape index (κ3) is 33.6. The van der Waals surface area contributed by atoms with Crippen molar-refractivity contribution < 1.29 is 83.4 Å². The number of allylic oxidation sites excluding steroid dienone is 4. The molecule has 0 aliphatic carbocycles. The van der Waals surface area contributed by atoms with Gasteiger partial charge >= 0.3 is 63.3 Å². The van der Waals surface area contributed by atoms with Crippen LogP contribution in [0.4, 0.5) is 0 Å². The van der Waals surface area contributed by atoms with E-state index in [0.717, 1.165) is 63.5 Å². The summed E-state index contributed by atoms with van der Waals surface area (Å²) in [5.74, 6) is -1.56. The van der Waals surface area contributed by atoms with Gasteiger partial charge in [0.2, 0.25) is 0 Å². The number of benzene rings is 1. The molecule has 0 saturated carbocycles. The van der Waals surface area contributed by atoms with E-state index in [-0.39, 0.29) is 75.7 Å². The second-order valence-electron chi connectivity index (χ2n) is 15.7. The van der Waals surface area contributed by atoms with E-state index in [2.05, 4.69) is 38.2 Å². The van der Waals surface area contributed by atoms with Gasteiger partial charge in [-0.3, -0.25) is 0 Å². The fourth-order valence-electron chi connectivity index (χ4n) is 6.92. The number of carbonyl (C=O) groups excluding carboxylic acids is 2. The van der Waals surface area contributed by atoms with E-state index >= 15 is 0 Å². The van der Waals surface area contributed by atoms with E-state index in [1.807, 2.05) is 0 Å². The van der Waals surface area contributed by atoms with E-state index in [1.165, 1.54) is 147 Å². The maximum atomic E-state index is 12.9. The van der Waals surface area contributed by atoms with Gasteiger partial charge in [-0.15, -0.1) is 0 Å². The van der Waals surface area contributed by atoms with Crippen LogP contribution < -0.4 is 51.4 Å². The van der Waals surface area contributed by atoms with Crippen LogP contribution in [0, 0.1) is 0 Å². The molecule has 1 aromatic rings. The first-order valence-electron chi connectivity index (χ1n) is 23.0. The predicted octanol–water partition coefficient (Wildman–Crippen LogP) is 11.5. The molecule has 322 valence electrons. The molecule has 9 heteroatoms. The minimum atomic E-state index is -4.82. The van der Waals surface area contributed by atoms with Crippen LogP contribution in [-0.4, -0.2) is 38.1 Å². The average Bonchev–Trinajstić information content (AvgIpc) is 3.18. The van der Waals surface area contributed by atoms with E-state index in [0.29, 0.717) is 12.8 Å². The van der Waals surface area contributed by atoms with Crippen LogP contribution in [0.1, 0.15) is 240 Å². The Balaban J connectivity index is 0.0000314. The third-order valence-electron chi connectivity index (χ3n) is 10.5. The number of rotatable bonds is 39. The number of ether oxygens (including phenoxy) is 2. The quantitative estimate of drug-likeness (QED) is 0.0213. The van der Waals surface area contributed by atoms with Crippen LogP contribution in [0.25, 0.3) is 0 Å². The Morgan fingerprint density at radius 2 is 0.772 bits per heavy atom. The zero-order chi connectivity index (χ0) is 40.8. The molecule has 57 heavy (non-hydrogen) atoms. The van der Waals surface area contributed by atoms with Crippen molar-refractivity contribution >= 4 is 22.1 Å². The first-order valence-corrected chi connectivity index (χ1v) is 24.5. The van der Waals surface area contributed by atoms with Crippen molar-refractivity contribution in [1.29, 1.82) is 0 Å². The van der Waals surface area contributed by atoms with E-state index in [9.17, 15) is 22.6 Å². The van der Waals surface area contributed by atoms with Gasteiger partial charge in [0, 0.05) is 0 Å². The van der Waals surface area contributed by atoms with Crippen LogP contribution in [0.2, 0.25) is 0 Å². The second-order valence-corrected chi connectivity index (χ2v) is 17.1. The molecule has 0 saturated heterocycles. The number of carbonyl (C=O) groups is 2. The number of hydrogen-bond donors (Lipinski definition) is 0. The second kappa shape index (κ2) is 40.6. The molecule has 0 amide bonds. The van der Waals surface area contributed by atoms with E-state index < -0.39 is 27.0 Å². The van der Waals surface area contributed by atoms with Gasteiger partial charge in [-0.05, 0) is 82.4 Å². The van der Waals surface area contributed by atoms with Gasteiger partial charge in [0.05, 0.1) is 29.2 Å². The van der Waals surface area contributed by atoms with Crippen molar-refractivity contribution in [3.8, 4) is 0 Å². The van der Waals surface area contributed by atoms with Crippen molar-refractivity contribution in [2.24, 2.45) is 0 Å². The molecule has 0 aromatic heterocycles.